The van der Waals surface area contributed by atoms with Gasteiger partial charge in [-0.15, -0.1) is 0 Å². The molecule has 0 atom stereocenters. The number of aromatic hydroxyl groups is 1. The zero-order valence-corrected chi connectivity index (χ0v) is 51.8. The fourth-order valence-corrected chi connectivity index (χ4v) is 6.06. The Hall–Kier alpha value is -8.99. The average Bonchev–Trinajstić information content (AvgIpc) is 3.62. The summed E-state index contributed by atoms with van der Waals surface area (Å²) in [6, 6.07) is 5.05. The first-order valence-electron chi connectivity index (χ1n) is 29.2. The molecule has 1 aromatic heterocycles. The monoisotopic (exact) mass is 1220 g/mol. The molecule has 0 aliphatic rings. The number of aromatic carboxylic acids is 1. The summed E-state index contributed by atoms with van der Waals surface area (Å²) >= 11 is 0. The SMILES string of the molecule is C.CC(=O)/C=C/C(=O)O.CC/C=C\C/C=C\C/C=C\C/C=C\C/C=C\C/C=C\CC(=O)O.CC/C=C\C/C=C\C/C=C\C/C=C\C/C=C\CCCC(=O)O.CCCCCCCC(=O)O.COC(=O)/C=C/C(C)=O.O=C(O)c1cc(=O)c2c(O)cccc2o1. The van der Waals surface area contributed by atoms with Gasteiger partial charge in [-0.1, -0.05) is 194 Å². The highest BCUT2D eigenvalue weighted by atomic mass is 16.5. The van der Waals surface area contributed by atoms with Crippen molar-refractivity contribution in [2.24, 2.45) is 0 Å². The van der Waals surface area contributed by atoms with Gasteiger partial charge in [0.1, 0.15) is 16.7 Å². The predicted molar refractivity (Wildman–Crippen MR) is 355 cm³/mol. The number of unbranched alkanes of at least 4 members (excludes halogenated alkanes) is 5. The highest BCUT2D eigenvalue weighted by molar-refractivity contribution is 5.94. The summed E-state index contributed by atoms with van der Waals surface area (Å²) in [4.78, 5) is 92.7. The molecule has 0 fully saturated rings. The van der Waals surface area contributed by atoms with Crippen molar-refractivity contribution < 1.29 is 78.1 Å². The second kappa shape index (κ2) is 67.1. The van der Waals surface area contributed by atoms with Gasteiger partial charge in [-0.05, 0) is 128 Å². The number of hydrogen-bond acceptors (Lipinski definition) is 12. The number of benzene rings is 1. The van der Waals surface area contributed by atoms with Gasteiger partial charge in [-0.25, -0.2) is 14.4 Å². The van der Waals surface area contributed by atoms with E-state index in [1.54, 1.807) is 6.08 Å². The number of phenols is 1. The summed E-state index contributed by atoms with van der Waals surface area (Å²) in [6.45, 7) is 9.09. The molecule has 1 heterocycles. The number of carboxylic acids is 5. The van der Waals surface area contributed by atoms with Gasteiger partial charge in [0, 0.05) is 31.1 Å². The van der Waals surface area contributed by atoms with Crippen molar-refractivity contribution in [2.45, 2.75) is 177 Å². The molecule has 17 heteroatoms. The molecule has 6 N–H and O–H groups in total. The van der Waals surface area contributed by atoms with Crippen LogP contribution in [0.15, 0.2) is 191 Å². The summed E-state index contributed by atoms with van der Waals surface area (Å²) in [6.07, 6.45) is 69.4. The van der Waals surface area contributed by atoms with Gasteiger partial charge in [0.2, 0.25) is 5.76 Å². The lowest BCUT2D eigenvalue weighted by atomic mass is 10.1. The Labute approximate surface area is 522 Å². The number of carbonyl (C=O) groups is 8. The van der Waals surface area contributed by atoms with Gasteiger partial charge in [0.25, 0.3) is 0 Å². The number of allylic oxidation sites excluding steroid dienone is 23. The first-order valence-corrected chi connectivity index (χ1v) is 29.2. The molecule has 1 aromatic carbocycles. The molecule has 17 nitrogen and oxygen atoms in total. The molecule has 486 valence electrons. The maximum Gasteiger partial charge on any atom is 0.371 e. The largest absolute Gasteiger partial charge is 0.507 e. The fourth-order valence-electron chi connectivity index (χ4n) is 6.06. The van der Waals surface area contributed by atoms with E-state index in [1.807, 2.05) is 6.08 Å². The Kier molecular flexibility index (Phi) is 67.0. The van der Waals surface area contributed by atoms with Crippen LogP contribution in [-0.4, -0.2) is 85.1 Å². The smallest absolute Gasteiger partial charge is 0.371 e. The molecule has 88 heavy (non-hydrogen) atoms. The summed E-state index contributed by atoms with van der Waals surface area (Å²) < 4.78 is 9.15. The minimum absolute atomic E-state index is 0. The third kappa shape index (κ3) is 71.3. The van der Waals surface area contributed by atoms with Crippen molar-refractivity contribution in [2.75, 3.05) is 7.11 Å². The zero-order chi connectivity index (χ0) is 66.0. The highest BCUT2D eigenvalue weighted by Gasteiger charge is 2.12. The van der Waals surface area contributed by atoms with Gasteiger partial charge in [-0.2, -0.15) is 0 Å². The molecule has 0 saturated carbocycles. The van der Waals surface area contributed by atoms with Gasteiger partial charge in [0.15, 0.2) is 17.0 Å². The van der Waals surface area contributed by atoms with E-state index in [1.165, 1.54) is 58.4 Å². The molecule has 0 bridgehead atoms. The van der Waals surface area contributed by atoms with E-state index in [-0.39, 0.29) is 48.6 Å². The van der Waals surface area contributed by atoms with Crippen LogP contribution in [0.5, 0.6) is 5.75 Å². The van der Waals surface area contributed by atoms with Gasteiger partial charge >= 0.3 is 35.8 Å². The average molecular weight is 1230 g/mol. The maximum absolute atomic E-state index is 11.4. The van der Waals surface area contributed by atoms with Crippen LogP contribution in [0.2, 0.25) is 0 Å². The van der Waals surface area contributed by atoms with Crippen LogP contribution in [-0.2, 0) is 38.3 Å². The number of carboxylic acid groups (broad SMARTS) is 5. The summed E-state index contributed by atoms with van der Waals surface area (Å²) in [5.41, 5.74) is -0.522. The number of ether oxygens (including phenoxy) is 1. The Morgan fingerprint density at radius 2 is 0.864 bits per heavy atom. The predicted octanol–water partition coefficient (Wildman–Crippen LogP) is 16.9. The molecular formula is C71H100O17. The van der Waals surface area contributed by atoms with Gasteiger partial charge < -0.3 is 39.8 Å². The third-order valence-electron chi connectivity index (χ3n) is 10.4. The molecule has 0 spiro atoms. The molecule has 0 unspecified atom stereocenters. The van der Waals surface area contributed by atoms with E-state index in [4.69, 9.17) is 29.9 Å². The van der Waals surface area contributed by atoms with Gasteiger partial charge in [0.05, 0.1) is 13.5 Å². The van der Waals surface area contributed by atoms with Gasteiger partial charge in [-0.3, -0.25) is 28.8 Å². The lowest BCUT2D eigenvalue weighted by Crippen LogP contribution is -2.06. The van der Waals surface area contributed by atoms with Crippen molar-refractivity contribution in [1.29, 1.82) is 0 Å². The van der Waals surface area contributed by atoms with E-state index >= 15 is 0 Å². The summed E-state index contributed by atoms with van der Waals surface area (Å²) in [7, 11) is 1.26. The number of esters is 1. The lowest BCUT2D eigenvalue weighted by Gasteiger charge is -1.99. The van der Waals surface area contributed by atoms with Crippen LogP contribution in [0.1, 0.15) is 187 Å². The van der Waals surface area contributed by atoms with Crippen molar-refractivity contribution in [3.8, 4) is 5.75 Å². The normalized spacial score (nSPS) is 11.3. The maximum atomic E-state index is 11.4. The summed E-state index contributed by atoms with van der Waals surface area (Å²) in [5.74, 6) is -6.19. The minimum atomic E-state index is -1.32. The Bertz CT molecular complexity index is 2680. The Balaban J connectivity index is -0.000000326. The molecule has 0 aliphatic heterocycles. The van der Waals surface area contributed by atoms with Crippen molar-refractivity contribution in [1.82, 2.24) is 0 Å². The van der Waals surface area contributed by atoms with Crippen LogP contribution >= 0.6 is 0 Å². The molecule has 0 amide bonds. The number of hydrogen-bond donors (Lipinski definition) is 6. The summed E-state index contributed by atoms with van der Waals surface area (Å²) in [5, 5.41) is 51.1. The first-order chi connectivity index (χ1) is 41.7. The topological polar surface area (TPSA) is 297 Å². The lowest BCUT2D eigenvalue weighted by molar-refractivity contribution is -0.138. The molecule has 2 aromatic rings. The quantitative estimate of drug-likeness (QED) is 0.0159. The van der Waals surface area contributed by atoms with E-state index in [0.717, 1.165) is 127 Å². The second-order valence-corrected chi connectivity index (χ2v) is 18.2. The van der Waals surface area contributed by atoms with E-state index in [9.17, 15) is 48.3 Å². The zero-order valence-electron chi connectivity index (χ0n) is 51.8. The molecular weight excluding hydrogens is 1120 g/mol. The number of carbonyl (C=O) groups excluding carboxylic acids is 3. The van der Waals surface area contributed by atoms with Crippen molar-refractivity contribution in [3.63, 3.8) is 0 Å². The minimum Gasteiger partial charge on any atom is -0.507 e. The number of phenolic OH excluding ortho intramolecular Hbond substituents is 1. The first kappa shape index (κ1) is 87.8. The second-order valence-electron chi connectivity index (χ2n) is 18.2. The number of aliphatic carboxylic acids is 4. The van der Waals surface area contributed by atoms with E-state index in [0.29, 0.717) is 6.42 Å². The Morgan fingerprint density at radius 3 is 1.22 bits per heavy atom. The third-order valence-corrected chi connectivity index (χ3v) is 10.4. The number of fused-ring (bicyclic) bond motifs is 1. The van der Waals surface area contributed by atoms with Crippen molar-refractivity contribution in [3.05, 3.63) is 198 Å². The number of rotatable bonds is 37. The number of ketones is 2. The van der Waals surface area contributed by atoms with Crippen LogP contribution in [0.4, 0.5) is 0 Å². The Morgan fingerprint density at radius 1 is 0.477 bits per heavy atom. The molecule has 0 saturated heterocycles. The van der Waals surface area contributed by atoms with E-state index < -0.39 is 47.0 Å². The van der Waals surface area contributed by atoms with Crippen LogP contribution < -0.4 is 5.43 Å². The van der Waals surface area contributed by atoms with Crippen LogP contribution in [0.3, 0.4) is 0 Å². The molecule has 2 rings (SSSR count). The number of methoxy groups -OCH3 is 1. The molecule has 0 aliphatic carbocycles. The van der Waals surface area contributed by atoms with Crippen LogP contribution in [0.25, 0.3) is 11.0 Å². The van der Waals surface area contributed by atoms with Crippen molar-refractivity contribution >= 4 is 58.4 Å². The molecule has 0 radical (unpaired) electrons. The van der Waals surface area contributed by atoms with E-state index in [2.05, 4.69) is 147 Å². The standard InChI is InChI=1S/C21H30O2.C20H30O2.C10H6O5.C8H16O2.C6H8O3.C5H6O3.CH4/c1-2-3-4-5-6-7-8-9-10-11-12-13-14-15-16-17-18-19-20-21(22)23;1-2-3-4-5-6-7-8-9-10-11-12-13-14-15-16-17-18-19-20(21)22;11-5-2-1-3-7-9(5)6(12)4-8(15-7)10(13)14;1-2-3-4-5-6-7-8(9)10;1-5(7)3-4-6(8)9-2;1-4(6)2-3-5(7)8;/h3-4,6-7,9-10,12-13,15-16,18-19H,2,5,8,11,14,17,20H2,1H3,(H,22,23);3-4,6-7,9-10,12-13,15-16H,2,5,8,11,14,17-19H2,1H3,(H,21,22);1-4,11H,(H,13,14);2-7H2,1H3,(H,9,10);3-4H,1-2H3;2-3H,1H3,(H,7,8);1H4/b4-3-,7-6-,10-9-,13-12-,16-15-,19-18-;4-3-,7-6-,10-9-,13-12-,16-15-;;;4-3+;3-2+;. The highest BCUT2D eigenvalue weighted by Crippen LogP contribution is 2.21. The van der Waals surface area contributed by atoms with Crippen LogP contribution in [0, 0.1) is 0 Å². The fraction of sp³-hybridized carbons (Fsp3) is 0.394.